The number of tetrazole rings is 1. The topological polar surface area (TPSA) is 83.6 Å². The maximum Gasteiger partial charge on any atom is 0.270 e. The zero-order valence-corrected chi connectivity index (χ0v) is 9.25. The van der Waals surface area contributed by atoms with E-state index in [-0.39, 0.29) is 16.5 Å². The van der Waals surface area contributed by atoms with Gasteiger partial charge >= 0.3 is 0 Å². The lowest BCUT2D eigenvalue weighted by molar-refractivity contribution is 0.102. The second-order valence-corrected chi connectivity index (χ2v) is 3.66. The van der Waals surface area contributed by atoms with Crippen LogP contribution in [0.15, 0.2) is 18.2 Å². The summed E-state index contributed by atoms with van der Waals surface area (Å²) in [6.45, 7) is 0. The van der Waals surface area contributed by atoms with Crippen LogP contribution < -0.4 is 5.32 Å². The van der Waals surface area contributed by atoms with Gasteiger partial charge in [-0.2, -0.15) is 5.21 Å². The molecule has 1 amide bonds. The number of anilines is 1. The van der Waals surface area contributed by atoms with Gasteiger partial charge in [-0.1, -0.05) is 28.3 Å². The van der Waals surface area contributed by atoms with Gasteiger partial charge in [-0.05, 0) is 23.4 Å². The average Bonchev–Trinajstić information content (AvgIpc) is 2.70. The summed E-state index contributed by atoms with van der Waals surface area (Å²) in [5.41, 5.74) is 0.288. The van der Waals surface area contributed by atoms with Crippen molar-refractivity contribution in [1.82, 2.24) is 20.6 Å². The van der Waals surface area contributed by atoms with Crippen molar-refractivity contribution in [2.24, 2.45) is 0 Å². The van der Waals surface area contributed by atoms with E-state index in [0.29, 0.717) is 5.02 Å². The molecule has 0 unspecified atom stereocenters. The molecule has 6 nitrogen and oxygen atoms in total. The lowest BCUT2D eigenvalue weighted by atomic mass is 10.2. The molecule has 0 radical (unpaired) electrons. The van der Waals surface area contributed by atoms with Crippen LogP contribution in [-0.4, -0.2) is 26.5 Å². The number of hydrogen-bond donors (Lipinski definition) is 2. The highest BCUT2D eigenvalue weighted by molar-refractivity contribution is 6.37. The number of benzene rings is 1. The minimum atomic E-state index is -0.428. The Balaban J connectivity index is 2.21. The molecule has 2 rings (SSSR count). The van der Waals surface area contributed by atoms with Gasteiger partial charge in [0.15, 0.2) is 0 Å². The van der Waals surface area contributed by atoms with Gasteiger partial charge in [0, 0.05) is 5.02 Å². The molecule has 1 heterocycles. The van der Waals surface area contributed by atoms with Crippen LogP contribution in [0.1, 0.15) is 10.4 Å². The normalized spacial score (nSPS) is 10.1. The second-order valence-electron chi connectivity index (χ2n) is 2.81. The molecule has 16 heavy (non-hydrogen) atoms. The van der Waals surface area contributed by atoms with E-state index in [9.17, 15) is 4.79 Å². The summed E-state index contributed by atoms with van der Waals surface area (Å²) in [6.07, 6.45) is 0. The Morgan fingerprint density at radius 1 is 1.38 bits per heavy atom. The van der Waals surface area contributed by atoms with Crippen LogP contribution in [-0.2, 0) is 0 Å². The number of nitrogens with zero attached hydrogens (tertiary/aromatic N) is 3. The quantitative estimate of drug-likeness (QED) is 0.859. The lowest BCUT2D eigenvalue weighted by Crippen LogP contribution is -2.13. The first-order valence-electron chi connectivity index (χ1n) is 4.16. The van der Waals surface area contributed by atoms with E-state index < -0.39 is 5.91 Å². The van der Waals surface area contributed by atoms with Crippen LogP contribution in [0.4, 0.5) is 5.95 Å². The molecule has 1 aromatic carbocycles. The van der Waals surface area contributed by atoms with Crippen LogP contribution in [0.5, 0.6) is 0 Å². The molecular formula is C8H5Cl2N5O. The molecule has 82 valence electrons. The van der Waals surface area contributed by atoms with E-state index in [2.05, 4.69) is 25.9 Å². The van der Waals surface area contributed by atoms with Crippen LogP contribution in [0.3, 0.4) is 0 Å². The average molecular weight is 258 g/mol. The summed E-state index contributed by atoms with van der Waals surface area (Å²) in [4.78, 5) is 11.7. The number of carbonyl (C=O) groups excluding carboxylic acids is 1. The van der Waals surface area contributed by atoms with Gasteiger partial charge in [0.2, 0.25) is 0 Å². The summed E-state index contributed by atoms with van der Waals surface area (Å²) >= 11 is 11.6. The van der Waals surface area contributed by atoms with Crippen molar-refractivity contribution in [2.75, 3.05) is 5.32 Å². The summed E-state index contributed by atoms with van der Waals surface area (Å²) < 4.78 is 0. The fourth-order valence-electron chi connectivity index (χ4n) is 1.06. The van der Waals surface area contributed by atoms with Gasteiger partial charge < -0.3 is 0 Å². The first kappa shape index (κ1) is 10.8. The van der Waals surface area contributed by atoms with Crippen molar-refractivity contribution in [1.29, 1.82) is 0 Å². The Morgan fingerprint density at radius 2 is 2.19 bits per heavy atom. The highest BCUT2D eigenvalue weighted by atomic mass is 35.5. The van der Waals surface area contributed by atoms with E-state index in [0.717, 1.165) is 0 Å². The minimum Gasteiger partial charge on any atom is -0.288 e. The number of aromatic nitrogens is 4. The van der Waals surface area contributed by atoms with E-state index in [1.807, 2.05) is 0 Å². The zero-order valence-electron chi connectivity index (χ0n) is 7.74. The third-order valence-corrected chi connectivity index (χ3v) is 2.29. The fraction of sp³-hybridized carbons (Fsp3) is 0. The molecule has 0 atom stereocenters. The molecule has 8 heteroatoms. The predicted molar refractivity (Wildman–Crippen MR) is 58.6 cm³/mol. The monoisotopic (exact) mass is 257 g/mol. The van der Waals surface area contributed by atoms with Crippen molar-refractivity contribution in [3.8, 4) is 0 Å². The number of H-pyrrole nitrogens is 1. The molecule has 0 saturated heterocycles. The van der Waals surface area contributed by atoms with Gasteiger partial charge in [0.25, 0.3) is 11.9 Å². The number of rotatable bonds is 2. The van der Waals surface area contributed by atoms with Crippen molar-refractivity contribution in [3.05, 3.63) is 33.8 Å². The SMILES string of the molecule is O=C(Nc1nn[nH]n1)c1ccc(Cl)cc1Cl. The van der Waals surface area contributed by atoms with Crippen molar-refractivity contribution >= 4 is 35.1 Å². The predicted octanol–water partition coefficient (Wildman–Crippen LogP) is 1.76. The van der Waals surface area contributed by atoms with Crippen molar-refractivity contribution in [3.63, 3.8) is 0 Å². The molecule has 0 bridgehead atoms. The van der Waals surface area contributed by atoms with Gasteiger partial charge in [-0.15, -0.1) is 5.10 Å². The van der Waals surface area contributed by atoms with Crippen molar-refractivity contribution in [2.45, 2.75) is 0 Å². The molecule has 0 aliphatic heterocycles. The molecule has 0 spiro atoms. The zero-order chi connectivity index (χ0) is 11.5. The first-order valence-corrected chi connectivity index (χ1v) is 4.92. The standard InChI is InChI=1S/C8H5Cl2N5O/c9-4-1-2-5(6(10)3-4)7(16)11-8-12-14-15-13-8/h1-3H,(H2,11,12,13,14,15,16). The fourth-order valence-corrected chi connectivity index (χ4v) is 1.55. The number of hydrogen-bond acceptors (Lipinski definition) is 4. The van der Waals surface area contributed by atoms with E-state index in [4.69, 9.17) is 23.2 Å². The van der Waals surface area contributed by atoms with Crippen LogP contribution in [0.2, 0.25) is 10.0 Å². The number of halogens is 2. The Kier molecular flexibility index (Phi) is 3.02. The maximum atomic E-state index is 11.7. The van der Waals surface area contributed by atoms with Crippen molar-refractivity contribution < 1.29 is 4.79 Å². The van der Waals surface area contributed by atoms with Crippen LogP contribution in [0.25, 0.3) is 0 Å². The third kappa shape index (κ3) is 2.29. The summed E-state index contributed by atoms with van der Waals surface area (Å²) in [7, 11) is 0. The first-order chi connectivity index (χ1) is 7.66. The van der Waals surface area contributed by atoms with Crippen LogP contribution >= 0.6 is 23.2 Å². The second kappa shape index (κ2) is 4.46. The third-order valence-electron chi connectivity index (χ3n) is 1.75. The summed E-state index contributed by atoms with van der Waals surface area (Å²) in [5.74, 6) is -0.348. The largest absolute Gasteiger partial charge is 0.288 e. The van der Waals surface area contributed by atoms with Gasteiger partial charge in [0.05, 0.1) is 10.6 Å². The van der Waals surface area contributed by atoms with E-state index in [1.165, 1.54) is 12.1 Å². The smallest absolute Gasteiger partial charge is 0.270 e. The van der Waals surface area contributed by atoms with E-state index in [1.54, 1.807) is 6.07 Å². The number of aromatic amines is 1. The highest BCUT2D eigenvalue weighted by Gasteiger charge is 2.12. The molecule has 1 aromatic heterocycles. The molecule has 0 fully saturated rings. The summed E-state index contributed by atoms with van der Waals surface area (Å²) in [6, 6.07) is 4.56. The molecule has 0 aliphatic rings. The molecule has 0 aliphatic carbocycles. The van der Waals surface area contributed by atoms with Gasteiger partial charge in [-0.3, -0.25) is 10.1 Å². The van der Waals surface area contributed by atoms with Gasteiger partial charge in [0.1, 0.15) is 0 Å². The number of nitrogens with one attached hydrogen (secondary N) is 2. The Morgan fingerprint density at radius 3 is 2.81 bits per heavy atom. The highest BCUT2D eigenvalue weighted by Crippen LogP contribution is 2.21. The van der Waals surface area contributed by atoms with Gasteiger partial charge in [-0.25, -0.2) is 0 Å². The molecule has 2 aromatic rings. The van der Waals surface area contributed by atoms with Crippen LogP contribution in [0, 0.1) is 0 Å². The number of amides is 1. The van der Waals surface area contributed by atoms with E-state index >= 15 is 0 Å². The molecule has 0 saturated carbocycles. The Labute approximate surface area is 99.9 Å². The molecule has 2 N–H and O–H groups in total. The lowest BCUT2D eigenvalue weighted by Gasteiger charge is -2.03. The maximum absolute atomic E-state index is 11.7. The molecular weight excluding hydrogens is 253 g/mol. The Hall–Kier alpha value is -1.66. The summed E-state index contributed by atoms with van der Waals surface area (Å²) in [5, 5.41) is 15.8. The number of carbonyl (C=O) groups is 1. The Bertz CT molecular complexity index is 513. The minimum absolute atomic E-state index is 0.0796.